The van der Waals surface area contributed by atoms with Crippen LogP contribution in [-0.4, -0.2) is 29.4 Å². The van der Waals surface area contributed by atoms with Crippen molar-refractivity contribution in [1.29, 1.82) is 0 Å². The summed E-state index contributed by atoms with van der Waals surface area (Å²) >= 11 is 6.18. The van der Waals surface area contributed by atoms with E-state index < -0.39 is 0 Å². The van der Waals surface area contributed by atoms with Crippen molar-refractivity contribution in [2.75, 3.05) is 6.54 Å². The van der Waals surface area contributed by atoms with Crippen LogP contribution in [0, 0.1) is 17.7 Å². The van der Waals surface area contributed by atoms with Crippen molar-refractivity contribution in [3.05, 3.63) is 34.6 Å². The summed E-state index contributed by atoms with van der Waals surface area (Å²) in [4.78, 5) is 15.1. The van der Waals surface area contributed by atoms with E-state index >= 15 is 0 Å². The summed E-state index contributed by atoms with van der Waals surface area (Å²) in [6.45, 7) is 1.20. The largest absolute Gasteiger partial charge is 0.335 e. The molecule has 4 rings (SSSR count). The van der Waals surface area contributed by atoms with Gasteiger partial charge in [-0.3, -0.25) is 15.6 Å². The molecule has 2 N–H and O–H groups in total. The van der Waals surface area contributed by atoms with Gasteiger partial charge in [-0.2, -0.15) is 0 Å². The Morgan fingerprint density at radius 3 is 2.88 bits per heavy atom. The van der Waals surface area contributed by atoms with Crippen LogP contribution < -0.4 is 10.9 Å². The molecule has 2 aliphatic carbocycles. The van der Waals surface area contributed by atoms with Gasteiger partial charge in [0.2, 0.25) is 5.91 Å². The lowest BCUT2D eigenvalue weighted by Crippen LogP contribution is -2.49. The van der Waals surface area contributed by atoms with Crippen molar-refractivity contribution in [3.63, 3.8) is 0 Å². The number of carbonyl (C=O) groups is 1. The number of hydrogen-bond donors (Lipinski definition) is 2. The van der Waals surface area contributed by atoms with E-state index in [4.69, 9.17) is 11.6 Å². The van der Waals surface area contributed by atoms with Crippen LogP contribution in [0.4, 0.5) is 4.39 Å². The topological polar surface area (TPSA) is 44.4 Å². The molecule has 1 aromatic rings. The normalized spacial score (nSPS) is 29.3. The lowest BCUT2D eigenvalue weighted by atomic mass is 9.77. The number of carbonyl (C=O) groups excluding carboxylic acids is 1. The third kappa shape index (κ3) is 3.05. The number of hydrogen-bond acceptors (Lipinski definition) is 3. The lowest BCUT2D eigenvalue weighted by Gasteiger charge is -2.36. The van der Waals surface area contributed by atoms with Gasteiger partial charge in [-0.25, -0.2) is 4.39 Å². The quantitative estimate of drug-likeness (QED) is 0.876. The van der Waals surface area contributed by atoms with Crippen LogP contribution in [-0.2, 0) is 11.3 Å². The summed E-state index contributed by atoms with van der Waals surface area (Å²) in [5, 5.41) is 0.399. The minimum absolute atomic E-state index is 0.0232. The number of fused-ring (bicyclic) bond motifs is 1. The van der Waals surface area contributed by atoms with Gasteiger partial charge in [0.25, 0.3) is 0 Å². The van der Waals surface area contributed by atoms with E-state index in [1.54, 1.807) is 12.1 Å². The van der Waals surface area contributed by atoms with Crippen LogP contribution in [0.25, 0.3) is 0 Å². The molecule has 1 amide bonds. The molecular weight excluding hydrogens is 329 g/mol. The second-order valence-electron chi connectivity index (χ2n) is 7.25. The van der Waals surface area contributed by atoms with Crippen molar-refractivity contribution >= 4 is 17.5 Å². The molecule has 130 valence electrons. The molecule has 0 aromatic heterocycles. The van der Waals surface area contributed by atoms with Gasteiger partial charge in [0.1, 0.15) is 5.82 Å². The molecule has 1 aromatic carbocycles. The first-order valence-electron chi connectivity index (χ1n) is 8.87. The molecule has 0 spiro atoms. The van der Waals surface area contributed by atoms with Crippen LogP contribution in [0.2, 0.25) is 5.02 Å². The van der Waals surface area contributed by atoms with Crippen LogP contribution >= 0.6 is 11.6 Å². The Kier molecular flexibility index (Phi) is 4.50. The molecule has 24 heavy (non-hydrogen) atoms. The number of rotatable bonds is 4. The van der Waals surface area contributed by atoms with E-state index in [2.05, 4.69) is 10.9 Å². The molecule has 6 heteroatoms. The number of halogens is 2. The zero-order chi connectivity index (χ0) is 16.7. The number of benzene rings is 1. The van der Waals surface area contributed by atoms with Crippen LogP contribution in [0.3, 0.4) is 0 Å². The zero-order valence-electron chi connectivity index (χ0n) is 13.6. The molecule has 4 nitrogen and oxygen atoms in total. The highest BCUT2D eigenvalue weighted by Crippen LogP contribution is 2.37. The van der Waals surface area contributed by atoms with Crippen molar-refractivity contribution in [2.45, 2.75) is 50.7 Å². The van der Waals surface area contributed by atoms with Gasteiger partial charge < -0.3 is 4.90 Å². The average molecular weight is 352 g/mol. The fourth-order valence-electron chi connectivity index (χ4n) is 4.16. The molecular formula is C18H23ClFN3O. The Hall–Kier alpha value is -1.17. The van der Waals surface area contributed by atoms with E-state index in [1.807, 2.05) is 4.90 Å². The van der Waals surface area contributed by atoms with Gasteiger partial charge in [0.05, 0.1) is 12.5 Å². The standard InChI is InChI=1S/C18H23ClFN3O/c19-15-5-2-6-16(20)14(15)10-23(12-7-8-12)18(24)13-4-1-3-11-9-21-22-17(11)13/h2,5-6,11-13,17,21-22H,1,3-4,7-10H2. The third-order valence-electron chi connectivity index (χ3n) is 5.64. The molecule has 0 radical (unpaired) electrons. The summed E-state index contributed by atoms with van der Waals surface area (Å²) in [7, 11) is 0. The second kappa shape index (κ2) is 6.62. The number of hydrazine groups is 1. The fraction of sp³-hybridized carbons (Fsp3) is 0.611. The Bertz CT molecular complexity index is 616. The van der Waals surface area contributed by atoms with Crippen molar-refractivity contribution in [2.24, 2.45) is 11.8 Å². The number of nitrogens with one attached hydrogen (secondary N) is 2. The molecule has 1 aliphatic heterocycles. The lowest BCUT2D eigenvalue weighted by molar-refractivity contribution is -0.139. The highest BCUT2D eigenvalue weighted by molar-refractivity contribution is 6.31. The SMILES string of the molecule is O=C(C1CCCC2CNNC21)N(Cc1c(F)cccc1Cl)C1CC1. The number of nitrogens with zero attached hydrogens (tertiary/aromatic N) is 1. The summed E-state index contributed by atoms with van der Waals surface area (Å²) in [6, 6.07) is 5.14. The predicted molar refractivity (Wildman–Crippen MR) is 90.7 cm³/mol. The van der Waals surface area contributed by atoms with Crippen LogP contribution in [0.1, 0.15) is 37.7 Å². The zero-order valence-corrected chi connectivity index (χ0v) is 14.4. The first kappa shape index (κ1) is 16.3. The Balaban J connectivity index is 1.56. The average Bonchev–Trinajstić information content (AvgIpc) is 3.29. The summed E-state index contributed by atoms with van der Waals surface area (Å²) in [6.07, 6.45) is 5.16. The summed E-state index contributed by atoms with van der Waals surface area (Å²) < 4.78 is 14.2. The molecule has 3 fully saturated rings. The minimum atomic E-state index is -0.330. The summed E-state index contributed by atoms with van der Waals surface area (Å²) in [5.41, 5.74) is 6.93. The van der Waals surface area contributed by atoms with Crippen molar-refractivity contribution < 1.29 is 9.18 Å². The van der Waals surface area contributed by atoms with Gasteiger partial charge in [-0.15, -0.1) is 0 Å². The second-order valence-corrected chi connectivity index (χ2v) is 7.65. The van der Waals surface area contributed by atoms with Gasteiger partial charge >= 0.3 is 0 Å². The summed E-state index contributed by atoms with van der Waals surface area (Å²) in [5.74, 6) is 0.321. The maximum atomic E-state index is 14.2. The van der Waals surface area contributed by atoms with E-state index in [9.17, 15) is 9.18 Å². The molecule has 1 heterocycles. The maximum Gasteiger partial charge on any atom is 0.227 e. The van der Waals surface area contributed by atoms with Crippen molar-refractivity contribution in [3.8, 4) is 0 Å². The van der Waals surface area contributed by atoms with E-state index in [0.717, 1.165) is 38.6 Å². The Labute approximate surface area is 146 Å². The van der Waals surface area contributed by atoms with Gasteiger partial charge in [-0.1, -0.05) is 24.1 Å². The number of amides is 1. The monoisotopic (exact) mass is 351 g/mol. The molecule has 3 unspecified atom stereocenters. The maximum absolute atomic E-state index is 14.2. The Morgan fingerprint density at radius 2 is 2.12 bits per heavy atom. The predicted octanol–water partition coefficient (Wildman–Crippen LogP) is 2.86. The van der Waals surface area contributed by atoms with Gasteiger partial charge in [0, 0.05) is 29.2 Å². The molecule has 2 saturated carbocycles. The third-order valence-corrected chi connectivity index (χ3v) is 6.00. The van der Waals surface area contributed by atoms with E-state index in [1.165, 1.54) is 6.07 Å². The van der Waals surface area contributed by atoms with E-state index in [-0.39, 0.29) is 36.3 Å². The molecule has 3 atom stereocenters. The minimum Gasteiger partial charge on any atom is -0.335 e. The van der Waals surface area contributed by atoms with E-state index in [0.29, 0.717) is 16.5 Å². The smallest absolute Gasteiger partial charge is 0.227 e. The first-order valence-corrected chi connectivity index (χ1v) is 9.24. The van der Waals surface area contributed by atoms with Crippen molar-refractivity contribution in [1.82, 2.24) is 15.8 Å². The van der Waals surface area contributed by atoms with Gasteiger partial charge in [-0.05, 0) is 43.7 Å². The first-order chi connectivity index (χ1) is 11.6. The highest BCUT2D eigenvalue weighted by atomic mass is 35.5. The van der Waals surface area contributed by atoms with Gasteiger partial charge in [0.15, 0.2) is 0 Å². The molecule has 1 saturated heterocycles. The highest BCUT2D eigenvalue weighted by Gasteiger charge is 2.44. The van der Waals surface area contributed by atoms with Crippen LogP contribution in [0.15, 0.2) is 18.2 Å². The molecule has 0 bridgehead atoms. The van der Waals surface area contributed by atoms with Crippen LogP contribution in [0.5, 0.6) is 0 Å². The Morgan fingerprint density at radius 1 is 1.29 bits per heavy atom. The molecule has 3 aliphatic rings. The fourth-order valence-corrected chi connectivity index (χ4v) is 4.38.